The lowest BCUT2D eigenvalue weighted by Gasteiger charge is -2.04. The zero-order chi connectivity index (χ0) is 9.78. The van der Waals surface area contributed by atoms with Gasteiger partial charge in [-0.2, -0.15) is 13.2 Å². The van der Waals surface area contributed by atoms with Gasteiger partial charge >= 0.3 is 6.18 Å². The molecule has 0 bridgehead atoms. The zero-order valence-corrected chi connectivity index (χ0v) is 6.41. The highest BCUT2D eigenvalue weighted by atomic mass is 19.4. The Morgan fingerprint density at radius 1 is 1.25 bits per heavy atom. The molecule has 0 nitrogen and oxygen atoms in total. The number of halogens is 5. The molecule has 0 heterocycles. The van der Waals surface area contributed by atoms with Crippen molar-refractivity contribution in [3.8, 4) is 0 Å². The Balaban J connectivity index is 3.77. The van der Waals surface area contributed by atoms with Crippen molar-refractivity contribution in [1.29, 1.82) is 0 Å². The van der Waals surface area contributed by atoms with E-state index in [9.17, 15) is 22.0 Å². The molecule has 5 heteroatoms. The van der Waals surface area contributed by atoms with E-state index in [1.807, 2.05) is 0 Å². The lowest BCUT2D eigenvalue weighted by Crippen LogP contribution is -2.06. The van der Waals surface area contributed by atoms with Gasteiger partial charge in [-0.1, -0.05) is 19.1 Å². The Bertz CT molecular complexity index is 146. The number of hydrogen-bond donors (Lipinski definition) is 0. The van der Waals surface area contributed by atoms with Gasteiger partial charge in [0.1, 0.15) is 0 Å². The van der Waals surface area contributed by atoms with E-state index in [0.29, 0.717) is 0 Å². The Labute approximate surface area is 67.1 Å². The number of allylic oxidation sites excluding steroid dienone is 2. The summed E-state index contributed by atoms with van der Waals surface area (Å²) in [5, 5.41) is 0. The van der Waals surface area contributed by atoms with Crippen LogP contribution in [0.1, 0.15) is 13.3 Å². The van der Waals surface area contributed by atoms with Crippen molar-refractivity contribution in [2.45, 2.75) is 25.9 Å². The minimum Gasteiger partial charge on any atom is -0.210 e. The Hall–Kier alpha value is -0.610. The minimum atomic E-state index is -4.31. The molecule has 1 atom stereocenters. The topological polar surface area (TPSA) is 0 Å². The van der Waals surface area contributed by atoms with Crippen LogP contribution in [0.2, 0.25) is 0 Å². The van der Waals surface area contributed by atoms with Crippen LogP contribution in [0.15, 0.2) is 12.2 Å². The van der Waals surface area contributed by atoms with Crippen LogP contribution in [0.5, 0.6) is 0 Å². The van der Waals surface area contributed by atoms with E-state index in [-0.39, 0.29) is 0 Å². The fourth-order valence-corrected chi connectivity index (χ4v) is 0.500. The predicted molar refractivity (Wildman–Crippen MR) is 35.0 cm³/mol. The normalized spacial score (nSPS) is 15.9. The van der Waals surface area contributed by atoms with Crippen molar-refractivity contribution >= 4 is 0 Å². The second kappa shape index (κ2) is 4.42. The fourth-order valence-electron chi connectivity index (χ4n) is 0.500. The van der Waals surface area contributed by atoms with E-state index in [2.05, 4.69) is 0 Å². The first-order chi connectivity index (χ1) is 5.33. The summed E-state index contributed by atoms with van der Waals surface area (Å²) in [6, 6.07) is 0. The maximum absolute atomic E-state index is 11.7. The van der Waals surface area contributed by atoms with Gasteiger partial charge in [0.2, 0.25) is 6.43 Å². The summed E-state index contributed by atoms with van der Waals surface area (Å²) in [6.45, 7) is 1.16. The van der Waals surface area contributed by atoms with Crippen molar-refractivity contribution < 1.29 is 22.0 Å². The summed E-state index contributed by atoms with van der Waals surface area (Å²) >= 11 is 0. The van der Waals surface area contributed by atoms with Crippen molar-refractivity contribution in [3.05, 3.63) is 12.2 Å². The monoisotopic (exact) mass is 188 g/mol. The molecule has 0 aliphatic heterocycles. The zero-order valence-electron chi connectivity index (χ0n) is 6.41. The van der Waals surface area contributed by atoms with Gasteiger partial charge in [-0.3, -0.25) is 0 Å². The van der Waals surface area contributed by atoms with Crippen LogP contribution < -0.4 is 0 Å². The van der Waals surface area contributed by atoms with Crippen molar-refractivity contribution in [2.24, 2.45) is 5.92 Å². The molecule has 0 saturated carbocycles. The molecule has 0 aromatic rings. The third-order valence-corrected chi connectivity index (χ3v) is 1.19. The van der Waals surface area contributed by atoms with Gasteiger partial charge in [0.15, 0.2) is 0 Å². The molecule has 0 rings (SSSR count). The van der Waals surface area contributed by atoms with E-state index in [1.165, 1.54) is 0 Å². The molecule has 0 saturated heterocycles. The van der Waals surface area contributed by atoms with Crippen molar-refractivity contribution in [1.82, 2.24) is 0 Å². The minimum absolute atomic E-state index is 0.719. The molecular weight excluding hydrogens is 179 g/mol. The van der Waals surface area contributed by atoms with Crippen LogP contribution in [-0.2, 0) is 0 Å². The summed E-state index contributed by atoms with van der Waals surface area (Å²) in [5.41, 5.74) is 0. The van der Waals surface area contributed by atoms with E-state index in [1.54, 1.807) is 0 Å². The molecule has 0 N–H and O–H groups in total. The number of alkyl halides is 5. The van der Waals surface area contributed by atoms with Crippen LogP contribution in [0.3, 0.4) is 0 Å². The first kappa shape index (κ1) is 11.4. The van der Waals surface area contributed by atoms with Crippen LogP contribution >= 0.6 is 0 Å². The second-order valence-electron chi connectivity index (χ2n) is 2.44. The lowest BCUT2D eigenvalue weighted by molar-refractivity contribution is -0.125. The van der Waals surface area contributed by atoms with Crippen LogP contribution in [0.25, 0.3) is 0 Å². The molecule has 0 aliphatic rings. The summed E-state index contributed by atoms with van der Waals surface area (Å²) < 4.78 is 57.8. The molecule has 0 amide bonds. The standard InChI is InChI=1S/C7H9F5/c1-5(6(8)9)3-2-4-7(10,11)12/h2-3,5-6H,4H2,1H3. The van der Waals surface area contributed by atoms with Crippen LogP contribution in [-0.4, -0.2) is 12.6 Å². The van der Waals surface area contributed by atoms with Crippen LogP contribution in [0, 0.1) is 5.92 Å². The van der Waals surface area contributed by atoms with Gasteiger partial charge in [-0.15, -0.1) is 0 Å². The molecule has 0 aromatic carbocycles. The third-order valence-electron chi connectivity index (χ3n) is 1.19. The second-order valence-corrected chi connectivity index (χ2v) is 2.44. The fraction of sp³-hybridized carbons (Fsp3) is 0.714. The molecule has 0 spiro atoms. The first-order valence-corrected chi connectivity index (χ1v) is 3.34. The summed E-state index contributed by atoms with van der Waals surface area (Å²) in [5.74, 6) is -1.12. The Morgan fingerprint density at radius 3 is 2.08 bits per heavy atom. The average Bonchev–Trinajstić information content (AvgIpc) is 1.84. The molecule has 1 unspecified atom stereocenters. The first-order valence-electron chi connectivity index (χ1n) is 3.34. The summed E-state index contributed by atoms with van der Waals surface area (Å²) in [7, 11) is 0. The van der Waals surface area contributed by atoms with E-state index in [0.717, 1.165) is 19.1 Å². The summed E-state index contributed by atoms with van der Waals surface area (Å²) in [6.07, 6.45) is -6.47. The smallest absolute Gasteiger partial charge is 0.210 e. The molecule has 0 aromatic heterocycles. The SMILES string of the molecule is CC(C=CCC(F)(F)F)C(F)F. The highest BCUT2D eigenvalue weighted by molar-refractivity contribution is 4.89. The Morgan fingerprint density at radius 2 is 1.75 bits per heavy atom. The summed E-state index contributed by atoms with van der Waals surface area (Å²) in [4.78, 5) is 0. The molecule has 12 heavy (non-hydrogen) atoms. The maximum Gasteiger partial charge on any atom is 0.392 e. The highest BCUT2D eigenvalue weighted by Crippen LogP contribution is 2.20. The van der Waals surface area contributed by atoms with Gasteiger partial charge in [0.05, 0.1) is 6.42 Å². The average molecular weight is 188 g/mol. The number of rotatable bonds is 3. The molecule has 72 valence electrons. The van der Waals surface area contributed by atoms with E-state index < -0.39 is 24.9 Å². The lowest BCUT2D eigenvalue weighted by atomic mass is 10.1. The molecule has 0 aliphatic carbocycles. The molecule has 0 radical (unpaired) electrons. The van der Waals surface area contributed by atoms with E-state index in [4.69, 9.17) is 0 Å². The Kier molecular flexibility index (Phi) is 4.20. The van der Waals surface area contributed by atoms with Crippen molar-refractivity contribution in [3.63, 3.8) is 0 Å². The number of hydrogen-bond acceptors (Lipinski definition) is 0. The molecule has 0 fully saturated rings. The molecular formula is C7H9F5. The van der Waals surface area contributed by atoms with Gasteiger partial charge in [-0.05, 0) is 0 Å². The van der Waals surface area contributed by atoms with Gasteiger partial charge < -0.3 is 0 Å². The quantitative estimate of drug-likeness (QED) is 0.470. The van der Waals surface area contributed by atoms with Crippen LogP contribution in [0.4, 0.5) is 22.0 Å². The van der Waals surface area contributed by atoms with E-state index >= 15 is 0 Å². The highest BCUT2D eigenvalue weighted by Gasteiger charge is 2.24. The van der Waals surface area contributed by atoms with Gasteiger partial charge in [0.25, 0.3) is 0 Å². The predicted octanol–water partition coefficient (Wildman–Crippen LogP) is 3.40. The van der Waals surface area contributed by atoms with Gasteiger partial charge in [0, 0.05) is 5.92 Å². The van der Waals surface area contributed by atoms with Crippen molar-refractivity contribution in [2.75, 3.05) is 0 Å². The largest absolute Gasteiger partial charge is 0.392 e. The third kappa shape index (κ3) is 6.12. The van der Waals surface area contributed by atoms with Gasteiger partial charge in [-0.25, -0.2) is 8.78 Å². The maximum atomic E-state index is 11.7.